The molecule has 6 nitrogen and oxygen atoms in total. The van der Waals surface area contributed by atoms with Crippen molar-refractivity contribution in [2.24, 2.45) is 11.4 Å². The van der Waals surface area contributed by atoms with Crippen molar-refractivity contribution in [3.8, 4) is 0 Å². The molecule has 0 saturated carbocycles. The highest BCUT2D eigenvalue weighted by molar-refractivity contribution is 14.1. The third kappa shape index (κ3) is 7.35. The zero-order valence-electron chi connectivity index (χ0n) is 22.9. The van der Waals surface area contributed by atoms with E-state index in [1.165, 1.54) is 4.90 Å². The second-order valence-electron chi connectivity index (χ2n) is 10.1. The van der Waals surface area contributed by atoms with Gasteiger partial charge in [0.15, 0.2) is 4.18 Å². The van der Waals surface area contributed by atoms with Crippen LogP contribution in [0.2, 0.25) is 0 Å². The molecule has 2 unspecified atom stereocenters. The number of aryl methyl sites for hydroxylation is 1. The third-order valence-corrected chi connectivity index (χ3v) is 8.98. The van der Waals surface area contributed by atoms with Crippen molar-refractivity contribution >= 4 is 55.6 Å². The molecule has 0 spiro atoms. The molecule has 218 valence electrons. The van der Waals surface area contributed by atoms with E-state index in [1.807, 2.05) is 61.4 Å². The van der Waals surface area contributed by atoms with Gasteiger partial charge in [0.2, 0.25) is 0 Å². The number of benzene rings is 2. The highest BCUT2D eigenvalue weighted by atomic mass is 127. The Hall–Kier alpha value is -2.19. The number of aromatic nitrogens is 1. The van der Waals surface area contributed by atoms with E-state index in [4.69, 9.17) is 0 Å². The predicted molar refractivity (Wildman–Crippen MR) is 165 cm³/mol. The van der Waals surface area contributed by atoms with Crippen molar-refractivity contribution in [1.82, 2.24) is 9.47 Å². The summed E-state index contributed by atoms with van der Waals surface area (Å²) in [6, 6.07) is 13.6. The molecule has 2 heterocycles. The zero-order chi connectivity index (χ0) is 29.2. The molecule has 3 atom stereocenters. The standard InChI is InChI=1S/C28H34F4IN5OS/c1-18-13-20(19(2)35-23-7-5-6-8-24(23)40(4)34-16-25(29)33)21-15-26(36(3)27(39)22(21)14-18)38-11-9-37(10-12-38)17-28(30,31)32/h5-8,13-15,19,25,35H,9-12,16-17H2,1-4H3/t19-,25?,40?/m1/s1. The maximum Gasteiger partial charge on any atom is 0.401 e. The number of para-hydroxylation sites is 1. The Morgan fingerprint density at radius 2 is 1.77 bits per heavy atom. The molecule has 1 N–H and O–H groups in total. The van der Waals surface area contributed by atoms with Crippen LogP contribution in [0.5, 0.6) is 0 Å². The molecule has 12 heteroatoms. The summed E-state index contributed by atoms with van der Waals surface area (Å²) < 4.78 is 57.1. The van der Waals surface area contributed by atoms with E-state index in [9.17, 15) is 22.4 Å². The van der Waals surface area contributed by atoms with Crippen LogP contribution in [0.1, 0.15) is 24.1 Å². The Morgan fingerprint density at radius 3 is 2.42 bits per heavy atom. The molecule has 1 saturated heterocycles. The first-order chi connectivity index (χ1) is 18.8. The summed E-state index contributed by atoms with van der Waals surface area (Å²) in [6.07, 6.45) is -2.26. The lowest BCUT2D eigenvalue weighted by molar-refractivity contribution is -0.146. The van der Waals surface area contributed by atoms with Crippen molar-refractivity contribution in [3.63, 3.8) is 0 Å². The lowest BCUT2D eigenvalue weighted by atomic mass is 9.97. The quantitative estimate of drug-likeness (QED) is 0.173. The van der Waals surface area contributed by atoms with Crippen LogP contribution < -0.4 is 15.8 Å². The van der Waals surface area contributed by atoms with Gasteiger partial charge in [-0.1, -0.05) is 28.9 Å². The summed E-state index contributed by atoms with van der Waals surface area (Å²) in [7, 11) is 1.20. The Morgan fingerprint density at radius 1 is 1.10 bits per heavy atom. The number of anilines is 2. The lowest BCUT2D eigenvalue weighted by Gasteiger charge is -2.37. The van der Waals surface area contributed by atoms with Crippen LogP contribution >= 0.6 is 22.6 Å². The summed E-state index contributed by atoms with van der Waals surface area (Å²) in [4.78, 5) is 17.9. The number of fused-ring (bicyclic) bond motifs is 1. The van der Waals surface area contributed by atoms with E-state index < -0.39 is 27.6 Å². The van der Waals surface area contributed by atoms with Gasteiger partial charge in [-0.25, -0.2) is 4.39 Å². The van der Waals surface area contributed by atoms with Crippen LogP contribution in [0.25, 0.3) is 10.8 Å². The molecule has 0 radical (unpaired) electrons. The van der Waals surface area contributed by atoms with Crippen molar-refractivity contribution < 1.29 is 17.6 Å². The van der Waals surface area contributed by atoms with Gasteiger partial charge in [0, 0.05) is 55.2 Å². The molecule has 1 aliphatic heterocycles. The zero-order valence-corrected chi connectivity index (χ0v) is 25.9. The molecule has 0 amide bonds. The van der Waals surface area contributed by atoms with Gasteiger partial charge in [-0.15, -0.1) is 0 Å². The minimum absolute atomic E-state index is 0.128. The largest absolute Gasteiger partial charge is 0.401 e. The summed E-state index contributed by atoms with van der Waals surface area (Å²) in [5, 5.41) is 5.00. The average molecular weight is 692 g/mol. The predicted octanol–water partition coefficient (Wildman–Crippen LogP) is 6.23. The van der Waals surface area contributed by atoms with E-state index >= 15 is 0 Å². The number of piperazine rings is 1. The summed E-state index contributed by atoms with van der Waals surface area (Å²) in [6.45, 7) is 4.53. The van der Waals surface area contributed by atoms with Crippen LogP contribution in [0.3, 0.4) is 0 Å². The molecule has 3 aromatic rings. The number of nitrogens with zero attached hydrogens (tertiary/aromatic N) is 4. The normalized spacial score (nSPS) is 17.3. The number of rotatable bonds is 8. The van der Waals surface area contributed by atoms with Gasteiger partial charge in [-0.2, -0.15) is 13.2 Å². The number of pyridine rings is 1. The molecular weight excluding hydrogens is 657 g/mol. The van der Waals surface area contributed by atoms with E-state index in [1.54, 1.807) is 34.2 Å². The molecule has 1 aromatic heterocycles. The summed E-state index contributed by atoms with van der Waals surface area (Å²) in [5.41, 5.74) is 2.66. The number of halogens is 5. The van der Waals surface area contributed by atoms with Crippen LogP contribution in [0.4, 0.5) is 29.1 Å². The average Bonchev–Trinajstić information content (AvgIpc) is 2.89. The molecule has 1 aliphatic rings. The van der Waals surface area contributed by atoms with E-state index in [2.05, 4.69) is 15.7 Å². The summed E-state index contributed by atoms with van der Waals surface area (Å²) in [5.74, 6) is 0.690. The van der Waals surface area contributed by atoms with Gasteiger partial charge in [0.05, 0.1) is 13.1 Å². The van der Waals surface area contributed by atoms with Crippen LogP contribution in [0, 0.1) is 6.92 Å². The molecule has 0 bridgehead atoms. The van der Waals surface area contributed by atoms with Crippen molar-refractivity contribution in [3.05, 3.63) is 63.9 Å². The minimum Gasteiger partial charge on any atom is -0.378 e. The number of nitrogens with one attached hydrogen (secondary N) is 1. The Labute approximate surface area is 248 Å². The fourth-order valence-corrected chi connectivity index (χ4v) is 6.80. The number of hydrogen-bond donors (Lipinski definition) is 1. The first-order valence-electron chi connectivity index (χ1n) is 13.0. The fraction of sp³-hybridized carbons (Fsp3) is 0.464. The first-order valence-corrected chi connectivity index (χ1v) is 15.8. The minimum atomic E-state index is -4.23. The second-order valence-corrected chi connectivity index (χ2v) is 13.1. The molecule has 4 rings (SSSR count). The highest BCUT2D eigenvalue weighted by Crippen LogP contribution is 2.32. The topological polar surface area (TPSA) is 52.9 Å². The molecule has 1 fully saturated rings. The van der Waals surface area contributed by atoms with Crippen molar-refractivity contribution in [2.45, 2.75) is 35.1 Å². The van der Waals surface area contributed by atoms with Gasteiger partial charge < -0.3 is 10.2 Å². The van der Waals surface area contributed by atoms with Crippen LogP contribution in [0.15, 0.2) is 56.5 Å². The smallest absolute Gasteiger partial charge is 0.378 e. The van der Waals surface area contributed by atoms with Crippen LogP contribution in [-0.2, 0) is 17.7 Å². The first kappa shape index (κ1) is 30.8. The van der Waals surface area contributed by atoms with Crippen molar-refractivity contribution in [1.29, 1.82) is 0 Å². The SMILES string of the molecule is Cc1cc([C@@H](C)Nc2ccccc2S(C)=NCC(F)I)c2cc(N3CCN(CC(F)(F)F)CC3)n(C)c(=O)c2c1. The fourth-order valence-electron chi connectivity index (χ4n) is 5.12. The molecular formula is C28H34F4IN5OS. The third-order valence-electron chi connectivity index (χ3n) is 7.06. The Balaban J connectivity index is 1.68. The van der Waals surface area contributed by atoms with E-state index in [0.717, 1.165) is 27.1 Å². The molecule has 40 heavy (non-hydrogen) atoms. The number of alkyl halides is 5. The van der Waals surface area contributed by atoms with Gasteiger partial charge in [-0.3, -0.25) is 18.6 Å². The Kier molecular flexibility index (Phi) is 9.82. The Bertz CT molecular complexity index is 1450. The maximum atomic E-state index is 13.5. The van der Waals surface area contributed by atoms with E-state index in [0.29, 0.717) is 24.3 Å². The van der Waals surface area contributed by atoms with Crippen molar-refractivity contribution in [2.75, 3.05) is 55.7 Å². The summed E-state index contributed by atoms with van der Waals surface area (Å²) >= 11 is 1.72. The van der Waals surface area contributed by atoms with Gasteiger partial charge >= 0.3 is 6.18 Å². The van der Waals surface area contributed by atoms with Gasteiger partial charge in [-0.05, 0) is 83.5 Å². The monoisotopic (exact) mass is 691 g/mol. The van der Waals surface area contributed by atoms with Gasteiger partial charge in [0.1, 0.15) is 5.82 Å². The molecule has 2 aromatic carbocycles. The van der Waals surface area contributed by atoms with Crippen LogP contribution in [-0.4, -0.2) is 65.3 Å². The lowest BCUT2D eigenvalue weighted by Crippen LogP contribution is -2.50. The molecule has 0 aliphatic carbocycles. The van der Waals surface area contributed by atoms with Gasteiger partial charge in [0.25, 0.3) is 5.56 Å². The maximum absolute atomic E-state index is 13.5. The second kappa shape index (κ2) is 12.8. The number of hydrogen-bond acceptors (Lipinski definition) is 5. The highest BCUT2D eigenvalue weighted by Gasteiger charge is 2.32. The van der Waals surface area contributed by atoms with E-state index in [-0.39, 0.29) is 31.2 Å².